The zero-order valence-electron chi connectivity index (χ0n) is 17.2. The topological polar surface area (TPSA) is 29.6 Å². The van der Waals surface area contributed by atoms with Crippen LogP contribution in [0.5, 0.6) is 0 Å². The van der Waals surface area contributed by atoms with Gasteiger partial charge in [-0.1, -0.05) is 102 Å². The summed E-state index contributed by atoms with van der Waals surface area (Å²) in [7, 11) is -0.399. The van der Waals surface area contributed by atoms with Gasteiger partial charge in [-0.25, -0.2) is 9.51 Å². The van der Waals surface area contributed by atoms with Crippen molar-refractivity contribution < 1.29 is 0 Å². The van der Waals surface area contributed by atoms with Gasteiger partial charge < -0.3 is 4.57 Å². The van der Waals surface area contributed by atoms with E-state index in [9.17, 15) is 0 Å². The number of thiazole rings is 1. The van der Waals surface area contributed by atoms with E-state index in [2.05, 4.69) is 96.5 Å². The standard InChI is InChI=1S/C26H22N3PS/c1-29-24-19-11-12-20-25(24)31-26(29)28-30(22-15-7-3-8-16-22,23-17-9-4-10-18-23)27-21-13-5-2-6-14-21/h2-20H,1H3/b28-26+. The maximum atomic E-state index is 5.49. The summed E-state index contributed by atoms with van der Waals surface area (Å²) in [6.45, 7) is 0. The fraction of sp³-hybridized carbons (Fsp3) is 0.0385. The summed E-state index contributed by atoms with van der Waals surface area (Å²) in [5.41, 5.74) is 2.13. The number of para-hydroxylation sites is 1. The first-order valence-electron chi connectivity index (χ1n) is 10.2. The van der Waals surface area contributed by atoms with Crippen molar-refractivity contribution in [2.45, 2.75) is 0 Å². The lowest BCUT2D eigenvalue weighted by Crippen LogP contribution is -2.19. The average Bonchev–Trinajstić information content (AvgIpc) is 3.15. The van der Waals surface area contributed by atoms with E-state index < -0.39 is 7.21 Å². The lowest BCUT2D eigenvalue weighted by Gasteiger charge is -2.21. The highest BCUT2D eigenvalue weighted by molar-refractivity contribution is 7.79. The van der Waals surface area contributed by atoms with Crippen molar-refractivity contribution in [1.82, 2.24) is 4.57 Å². The van der Waals surface area contributed by atoms with Crippen molar-refractivity contribution in [3.63, 3.8) is 0 Å². The first kappa shape index (κ1) is 19.7. The Labute approximate surface area is 186 Å². The molecule has 1 heterocycles. The van der Waals surface area contributed by atoms with Crippen LogP contribution in [0.2, 0.25) is 0 Å². The van der Waals surface area contributed by atoms with Crippen LogP contribution < -0.4 is 15.4 Å². The number of aromatic nitrogens is 1. The van der Waals surface area contributed by atoms with Gasteiger partial charge in [0, 0.05) is 17.7 Å². The van der Waals surface area contributed by atoms with Crippen molar-refractivity contribution in [2.24, 2.45) is 16.6 Å². The Morgan fingerprint density at radius 3 is 1.74 bits per heavy atom. The van der Waals surface area contributed by atoms with Crippen LogP contribution in [-0.4, -0.2) is 4.57 Å². The van der Waals surface area contributed by atoms with E-state index in [0.29, 0.717) is 0 Å². The maximum Gasteiger partial charge on any atom is 0.191 e. The first-order valence-corrected chi connectivity index (χ1v) is 12.7. The molecule has 0 saturated heterocycles. The summed E-state index contributed by atoms with van der Waals surface area (Å²) >= 11 is 1.71. The lowest BCUT2D eigenvalue weighted by atomic mass is 10.3. The maximum absolute atomic E-state index is 5.49. The summed E-state index contributed by atoms with van der Waals surface area (Å²) in [6, 6.07) is 39.7. The van der Waals surface area contributed by atoms with E-state index in [4.69, 9.17) is 9.51 Å². The van der Waals surface area contributed by atoms with Gasteiger partial charge in [0.05, 0.1) is 15.9 Å². The fourth-order valence-corrected chi connectivity index (χ4v) is 7.87. The minimum atomic E-state index is -2.49. The Kier molecular flexibility index (Phi) is 5.42. The molecule has 0 atom stereocenters. The van der Waals surface area contributed by atoms with Crippen LogP contribution in [0.3, 0.4) is 0 Å². The number of aryl methyl sites for hydroxylation is 1. The van der Waals surface area contributed by atoms with E-state index in [1.807, 2.05) is 30.3 Å². The molecule has 0 aliphatic rings. The molecule has 0 spiro atoms. The normalized spacial score (nSPS) is 12.2. The number of hydrogen-bond acceptors (Lipinski definition) is 2. The molecule has 0 bridgehead atoms. The zero-order valence-corrected chi connectivity index (χ0v) is 18.9. The Morgan fingerprint density at radius 2 is 1.16 bits per heavy atom. The van der Waals surface area contributed by atoms with Crippen molar-refractivity contribution in [2.75, 3.05) is 0 Å². The molecular formula is C26H22N3PS. The highest BCUT2D eigenvalue weighted by Gasteiger charge is 2.25. The molecule has 0 radical (unpaired) electrons. The molecule has 5 heteroatoms. The summed E-state index contributed by atoms with van der Waals surface area (Å²) in [5, 5.41) is 2.28. The molecule has 5 rings (SSSR count). The zero-order chi connectivity index (χ0) is 21.1. The van der Waals surface area contributed by atoms with Crippen molar-refractivity contribution in [3.8, 4) is 0 Å². The van der Waals surface area contributed by atoms with E-state index >= 15 is 0 Å². The fourth-order valence-electron chi connectivity index (χ4n) is 3.64. The smallest absolute Gasteiger partial charge is 0.191 e. The average molecular weight is 440 g/mol. The molecule has 0 unspecified atom stereocenters. The van der Waals surface area contributed by atoms with Crippen LogP contribution in [0.4, 0.5) is 5.69 Å². The van der Waals surface area contributed by atoms with E-state index in [0.717, 1.165) is 21.1 Å². The van der Waals surface area contributed by atoms with Crippen LogP contribution in [0.15, 0.2) is 125 Å². The van der Waals surface area contributed by atoms with Gasteiger partial charge in [0.15, 0.2) is 4.80 Å². The van der Waals surface area contributed by atoms with Crippen LogP contribution >= 0.6 is 18.5 Å². The second-order valence-corrected chi connectivity index (χ2v) is 10.9. The Balaban J connectivity index is 1.93. The molecule has 0 fully saturated rings. The van der Waals surface area contributed by atoms with Crippen LogP contribution in [-0.2, 0) is 7.05 Å². The number of benzene rings is 4. The minimum absolute atomic E-state index is 0.941. The van der Waals surface area contributed by atoms with Gasteiger partial charge in [-0.3, -0.25) is 0 Å². The molecule has 1 aromatic heterocycles. The second kappa shape index (κ2) is 8.50. The molecule has 0 aliphatic heterocycles. The van der Waals surface area contributed by atoms with Crippen molar-refractivity contribution in [1.29, 1.82) is 0 Å². The van der Waals surface area contributed by atoms with Gasteiger partial charge in [0.1, 0.15) is 7.21 Å². The third kappa shape index (κ3) is 3.81. The van der Waals surface area contributed by atoms with Gasteiger partial charge in [0.25, 0.3) is 0 Å². The molecule has 0 N–H and O–H groups in total. The molecule has 152 valence electrons. The quantitative estimate of drug-likeness (QED) is 0.297. The van der Waals surface area contributed by atoms with E-state index in [1.165, 1.54) is 10.2 Å². The summed E-state index contributed by atoms with van der Waals surface area (Å²) in [4.78, 5) is 0.974. The van der Waals surface area contributed by atoms with Crippen molar-refractivity contribution >= 4 is 45.1 Å². The predicted octanol–water partition coefficient (Wildman–Crippen LogP) is 6.24. The van der Waals surface area contributed by atoms with Crippen LogP contribution in [0.25, 0.3) is 10.2 Å². The largest absolute Gasteiger partial charge is 0.320 e. The Morgan fingerprint density at radius 1 is 0.645 bits per heavy atom. The summed E-state index contributed by atoms with van der Waals surface area (Å²) < 4.78 is 14.3. The SMILES string of the molecule is Cn1/c(=N\P(=Nc2ccccc2)(c2ccccc2)c2ccccc2)sc2ccccc21. The number of nitrogens with zero attached hydrogens (tertiary/aromatic N) is 3. The van der Waals surface area contributed by atoms with Gasteiger partial charge in [-0.15, -0.1) is 0 Å². The highest BCUT2D eigenvalue weighted by atomic mass is 32.1. The first-order chi connectivity index (χ1) is 15.3. The second-order valence-electron chi connectivity index (χ2n) is 7.22. The monoisotopic (exact) mass is 439 g/mol. The van der Waals surface area contributed by atoms with Gasteiger partial charge >= 0.3 is 0 Å². The minimum Gasteiger partial charge on any atom is -0.320 e. The van der Waals surface area contributed by atoms with Gasteiger partial charge in [-0.05, 0) is 24.3 Å². The Bertz CT molecular complexity index is 1390. The third-order valence-electron chi connectivity index (χ3n) is 5.19. The lowest BCUT2D eigenvalue weighted by molar-refractivity contribution is 0.920. The van der Waals surface area contributed by atoms with Crippen molar-refractivity contribution in [3.05, 3.63) is 120 Å². The van der Waals surface area contributed by atoms with Crippen LogP contribution in [0, 0.1) is 0 Å². The van der Waals surface area contributed by atoms with E-state index in [-0.39, 0.29) is 0 Å². The molecular weight excluding hydrogens is 417 g/mol. The molecule has 0 aliphatic carbocycles. The highest BCUT2D eigenvalue weighted by Crippen LogP contribution is 2.51. The number of rotatable bonds is 4. The van der Waals surface area contributed by atoms with Gasteiger partial charge in [-0.2, -0.15) is 0 Å². The van der Waals surface area contributed by atoms with E-state index in [1.54, 1.807) is 11.3 Å². The Hall–Kier alpha value is -3.20. The van der Waals surface area contributed by atoms with Gasteiger partial charge in [0.2, 0.25) is 0 Å². The molecule has 0 saturated carbocycles. The third-order valence-corrected chi connectivity index (χ3v) is 9.48. The molecule has 4 aromatic carbocycles. The molecule has 31 heavy (non-hydrogen) atoms. The summed E-state index contributed by atoms with van der Waals surface area (Å²) in [6.07, 6.45) is 0. The predicted molar refractivity (Wildman–Crippen MR) is 134 cm³/mol. The molecule has 3 nitrogen and oxygen atoms in total. The number of hydrogen-bond donors (Lipinski definition) is 0. The molecule has 0 amide bonds. The summed E-state index contributed by atoms with van der Waals surface area (Å²) in [5.74, 6) is 0. The number of fused-ring (bicyclic) bond motifs is 1. The van der Waals surface area contributed by atoms with Crippen LogP contribution in [0.1, 0.15) is 0 Å². The molecule has 5 aromatic rings.